The van der Waals surface area contributed by atoms with E-state index in [0.717, 1.165) is 31.5 Å². The molecule has 3 heteroatoms. The van der Waals surface area contributed by atoms with Crippen LogP contribution >= 0.6 is 0 Å². The highest BCUT2D eigenvalue weighted by molar-refractivity contribution is 5.93. The fraction of sp³-hybridized carbons (Fsp3) is 0.611. The van der Waals surface area contributed by atoms with E-state index in [1.807, 2.05) is 6.07 Å². The third kappa shape index (κ3) is 3.78. The summed E-state index contributed by atoms with van der Waals surface area (Å²) < 4.78 is 0. The fourth-order valence-electron chi connectivity index (χ4n) is 3.50. The van der Waals surface area contributed by atoms with Crippen molar-refractivity contribution in [1.82, 2.24) is 0 Å². The van der Waals surface area contributed by atoms with Crippen molar-refractivity contribution in [3.05, 3.63) is 23.8 Å². The molecule has 2 N–H and O–H groups in total. The third-order valence-electron chi connectivity index (χ3n) is 4.79. The summed E-state index contributed by atoms with van der Waals surface area (Å²) >= 11 is 0. The van der Waals surface area contributed by atoms with Crippen LogP contribution in [0.3, 0.4) is 0 Å². The molecule has 2 aliphatic rings. The Labute approximate surface area is 127 Å². The van der Waals surface area contributed by atoms with Gasteiger partial charge in [0.05, 0.1) is 0 Å². The maximum atomic E-state index is 12.5. The van der Waals surface area contributed by atoms with E-state index in [4.69, 9.17) is 0 Å². The van der Waals surface area contributed by atoms with Gasteiger partial charge >= 0.3 is 0 Å². The molecule has 1 fully saturated rings. The van der Waals surface area contributed by atoms with Gasteiger partial charge in [0.1, 0.15) is 0 Å². The molecule has 1 saturated carbocycles. The van der Waals surface area contributed by atoms with Gasteiger partial charge in [0.25, 0.3) is 0 Å². The van der Waals surface area contributed by atoms with Crippen LogP contribution in [0.1, 0.15) is 56.9 Å². The van der Waals surface area contributed by atoms with E-state index >= 15 is 0 Å². The SMILES string of the molecule is O=C(Nc1ccc2c(c1)NCCC2)C1CCCCCCC1. The second-order valence-electron chi connectivity index (χ2n) is 6.43. The first-order valence-electron chi connectivity index (χ1n) is 8.50. The number of aryl methyl sites for hydroxylation is 1. The van der Waals surface area contributed by atoms with Gasteiger partial charge in [-0.3, -0.25) is 4.79 Å². The van der Waals surface area contributed by atoms with E-state index in [9.17, 15) is 4.79 Å². The van der Waals surface area contributed by atoms with Crippen LogP contribution in [-0.2, 0) is 11.2 Å². The van der Waals surface area contributed by atoms with Crippen LogP contribution in [0.25, 0.3) is 0 Å². The van der Waals surface area contributed by atoms with Crippen molar-refractivity contribution in [3.63, 3.8) is 0 Å². The predicted octanol–water partition coefficient (Wildman–Crippen LogP) is 4.34. The lowest BCUT2D eigenvalue weighted by atomic mass is 9.90. The van der Waals surface area contributed by atoms with Crippen LogP contribution in [0, 0.1) is 5.92 Å². The van der Waals surface area contributed by atoms with Gasteiger partial charge in [-0.15, -0.1) is 0 Å². The summed E-state index contributed by atoms with van der Waals surface area (Å²) in [5.74, 6) is 0.418. The molecule has 0 aromatic heterocycles. The molecule has 0 atom stereocenters. The summed E-state index contributed by atoms with van der Waals surface area (Å²) in [6, 6.07) is 6.29. The summed E-state index contributed by atoms with van der Waals surface area (Å²) in [5, 5.41) is 6.55. The monoisotopic (exact) mass is 286 g/mol. The van der Waals surface area contributed by atoms with Crippen LogP contribution in [0.5, 0.6) is 0 Å². The van der Waals surface area contributed by atoms with Crippen molar-refractivity contribution in [2.75, 3.05) is 17.2 Å². The van der Waals surface area contributed by atoms with Gasteiger partial charge in [-0.05, 0) is 43.4 Å². The van der Waals surface area contributed by atoms with Crippen molar-refractivity contribution in [2.24, 2.45) is 5.92 Å². The largest absolute Gasteiger partial charge is 0.385 e. The molecule has 1 aliphatic heterocycles. The Morgan fingerprint density at radius 1 is 1.05 bits per heavy atom. The molecule has 114 valence electrons. The van der Waals surface area contributed by atoms with Gasteiger partial charge in [-0.1, -0.05) is 38.2 Å². The number of benzene rings is 1. The molecular formula is C18H26N2O. The Morgan fingerprint density at radius 3 is 2.62 bits per heavy atom. The number of rotatable bonds is 2. The Balaban J connectivity index is 1.63. The standard InChI is InChI=1S/C18H26N2O/c21-18(15-7-4-2-1-3-5-8-15)20-16-11-10-14-9-6-12-19-17(14)13-16/h10-11,13,15,19H,1-9,12H2,(H,20,21). The maximum Gasteiger partial charge on any atom is 0.227 e. The number of hydrogen-bond acceptors (Lipinski definition) is 2. The highest BCUT2D eigenvalue weighted by Crippen LogP contribution is 2.27. The number of amides is 1. The van der Waals surface area contributed by atoms with Gasteiger partial charge in [-0.2, -0.15) is 0 Å². The van der Waals surface area contributed by atoms with Crippen LogP contribution in [0.2, 0.25) is 0 Å². The van der Waals surface area contributed by atoms with Gasteiger partial charge in [0.15, 0.2) is 0 Å². The topological polar surface area (TPSA) is 41.1 Å². The van der Waals surface area contributed by atoms with Crippen molar-refractivity contribution >= 4 is 17.3 Å². The summed E-state index contributed by atoms with van der Waals surface area (Å²) in [5.41, 5.74) is 3.50. The minimum Gasteiger partial charge on any atom is -0.385 e. The molecule has 1 aliphatic carbocycles. The second-order valence-corrected chi connectivity index (χ2v) is 6.43. The molecule has 3 rings (SSSR count). The molecule has 0 bridgehead atoms. The average molecular weight is 286 g/mol. The lowest BCUT2D eigenvalue weighted by Crippen LogP contribution is -2.24. The third-order valence-corrected chi connectivity index (χ3v) is 4.79. The number of carbonyl (C=O) groups excluding carboxylic acids is 1. The summed E-state index contributed by atoms with van der Waals surface area (Å²) in [7, 11) is 0. The van der Waals surface area contributed by atoms with Gasteiger partial charge in [0.2, 0.25) is 5.91 Å². The van der Waals surface area contributed by atoms with Crippen LogP contribution < -0.4 is 10.6 Å². The second kappa shape index (κ2) is 6.97. The molecule has 1 aromatic rings. The molecule has 1 heterocycles. The maximum absolute atomic E-state index is 12.5. The van der Waals surface area contributed by atoms with E-state index in [1.165, 1.54) is 49.8 Å². The molecule has 3 nitrogen and oxygen atoms in total. The molecule has 21 heavy (non-hydrogen) atoms. The number of anilines is 2. The van der Waals surface area contributed by atoms with Gasteiger partial charge < -0.3 is 10.6 Å². The zero-order valence-corrected chi connectivity index (χ0v) is 12.8. The van der Waals surface area contributed by atoms with E-state index in [2.05, 4.69) is 22.8 Å². The zero-order valence-electron chi connectivity index (χ0n) is 12.8. The van der Waals surface area contributed by atoms with E-state index in [1.54, 1.807) is 0 Å². The van der Waals surface area contributed by atoms with Crippen molar-refractivity contribution < 1.29 is 4.79 Å². The van der Waals surface area contributed by atoms with Gasteiger partial charge in [-0.25, -0.2) is 0 Å². The molecule has 0 radical (unpaired) electrons. The van der Waals surface area contributed by atoms with Crippen LogP contribution in [-0.4, -0.2) is 12.5 Å². The quantitative estimate of drug-likeness (QED) is 0.849. The van der Waals surface area contributed by atoms with E-state index in [0.29, 0.717) is 0 Å². The fourth-order valence-corrected chi connectivity index (χ4v) is 3.50. The Kier molecular flexibility index (Phi) is 4.79. The molecule has 0 unspecified atom stereocenters. The average Bonchev–Trinajstić information content (AvgIpc) is 2.46. The Morgan fingerprint density at radius 2 is 1.81 bits per heavy atom. The first kappa shape index (κ1) is 14.4. The highest BCUT2D eigenvalue weighted by Gasteiger charge is 2.19. The lowest BCUT2D eigenvalue weighted by molar-refractivity contribution is -0.120. The summed E-state index contributed by atoms with van der Waals surface area (Å²) in [6.07, 6.45) is 10.7. The van der Waals surface area contributed by atoms with Crippen molar-refractivity contribution in [3.8, 4) is 0 Å². The number of fused-ring (bicyclic) bond motifs is 1. The highest BCUT2D eigenvalue weighted by atomic mass is 16.1. The smallest absolute Gasteiger partial charge is 0.227 e. The molecule has 0 spiro atoms. The van der Waals surface area contributed by atoms with Crippen LogP contribution in [0.4, 0.5) is 11.4 Å². The normalized spacial score (nSPS) is 19.8. The first-order valence-corrected chi connectivity index (χ1v) is 8.50. The zero-order chi connectivity index (χ0) is 14.5. The predicted molar refractivity (Wildman–Crippen MR) is 87.7 cm³/mol. The molecular weight excluding hydrogens is 260 g/mol. The molecule has 1 amide bonds. The molecule has 1 aromatic carbocycles. The lowest BCUT2D eigenvalue weighted by Gasteiger charge is -2.21. The molecule has 0 saturated heterocycles. The van der Waals surface area contributed by atoms with E-state index in [-0.39, 0.29) is 11.8 Å². The first-order chi connectivity index (χ1) is 10.3. The summed E-state index contributed by atoms with van der Waals surface area (Å²) in [6.45, 7) is 1.03. The van der Waals surface area contributed by atoms with Crippen LogP contribution in [0.15, 0.2) is 18.2 Å². The van der Waals surface area contributed by atoms with E-state index < -0.39 is 0 Å². The number of nitrogens with one attached hydrogen (secondary N) is 2. The van der Waals surface area contributed by atoms with Crippen molar-refractivity contribution in [1.29, 1.82) is 0 Å². The minimum absolute atomic E-state index is 0.203. The minimum atomic E-state index is 0.203. The Hall–Kier alpha value is -1.51. The number of carbonyl (C=O) groups is 1. The number of hydrogen-bond donors (Lipinski definition) is 2. The summed E-state index contributed by atoms with van der Waals surface area (Å²) in [4.78, 5) is 12.5. The van der Waals surface area contributed by atoms with Gasteiger partial charge in [0, 0.05) is 23.8 Å². The van der Waals surface area contributed by atoms with Crippen molar-refractivity contribution in [2.45, 2.75) is 57.8 Å². The Bertz CT molecular complexity index is 490.